The summed E-state index contributed by atoms with van der Waals surface area (Å²) < 4.78 is 52.4. The minimum atomic E-state index is -4.02. The van der Waals surface area contributed by atoms with Gasteiger partial charge in [-0.1, -0.05) is 51.8 Å². The summed E-state index contributed by atoms with van der Waals surface area (Å²) in [7, 11) is -4.02. The second kappa shape index (κ2) is 18.4. The van der Waals surface area contributed by atoms with E-state index in [1.165, 1.54) is 11.0 Å². The molecule has 1 aromatic carbocycles. The summed E-state index contributed by atoms with van der Waals surface area (Å²) in [6.45, 7) is 13.7. The van der Waals surface area contributed by atoms with Crippen LogP contribution in [0.4, 0.5) is 4.79 Å². The number of rotatable bonds is 12. The van der Waals surface area contributed by atoms with Crippen LogP contribution in [0.25, 0.3) is 10.9 Å². The van der Waals surface area contributed by atoms with Crippen molar-refractivity contribution in [3.05, 3.63) is 42.5 Å². The van der Waals surface area contributed by atoms with Crippen LogP contribution in [-0.4, -0.2) is 116 Å². The lowest BCUT2D eigenvalue weighted by molar-refractivity contribution is -0.142. The molecule has 0 spiro atoms. The van der Waals surface area contributed by atoms with Gasteiger partial charge in [0.05, 0.1) is 29.0 Å². The van der Waals surface area contributed by atoms with Crippen molar-refractivity contribution >= 4 is 44.7 Å². The molecule has 2 bridgehead atoms. The number of para-hydroxylation sites is 1. The third-order valence-corrected chi connectivity index (χ3v) is 16.3. The molecule has 0 radical (unpaired) electrons. The first-order chi connectivity index (χ1) is 30.5. The van der Waals surface area contributed by atoms with Gasteiger partial charge in [-0.3, -0.25) is 19.1 Å². The number of carbonyl (C=O) groups excluding carboxylic acids is 4. The van der Waals surface area contributed by atoms with Gasteiger partial charge in [0.25, 0.3) is 5.91 Å². The van der Waals surface area contributed by atoms with Gasteiger partial charge in [-0.2, -0.15) is 0 Å². The van der Waals surface area contributed by atoms with Gasteiger partial charge in [0.1, 0.15) is 35.6 Å². The quantitative estimate of drug-likeness (QED) is 0.167. The molecule has 64 heavy (non-hydrogen) atoms. The molecule has 4 N–H and O–H groups in total. The van der Waals surface area contributed by atoms with Gasteiger partial charge in [-0.25, -0.2) is 18.2 Å². The average molecular weight is 907 g/mol. The van der Waals surface area contributed by atoms with E-state index in [1.807, 2.05) is 45.0 Å². The highest BCUT2D eigenvalue weighted by molar-refractivity contribution is 7.91. The number of aromatic nitrogens is 1. The van der Waals surface area contributed by atoms with Crippen LogP contribution < -0.4 is 30.1 Å². The molecule has 16 nitrogen and oxygen atoms in total. The van der Waals surface area contributed by atoms with E-state index in [4.69, 9.17) is 23.9 Å². The molecule has 7 atom stereocenters. The van der Waals surface area contributed by atoms with E-state index in [1.54, 1.807) is 6.92 Å². The normalized spacial score (nSPS) is 29.7. The number of amides is 4. The number of pyridine rings is 1. The monoisotopic (exact) mass is 906 g/mol. The van der Waals surface area contributed by atoms with Crippen molar-refractivity contribution in [2.75, 3.05) is 32.9 Å². The molecule has 3 saturated carbocycles. The van der Waals surface area contributed by atoms with Crippen molar-refractivity contribution in [3.63, 3.8) is 0 Å². The highest BCUT2D eigenvalue weighted by Gasteiger charge is 2.63. The van der Waals surface area contributed by atoms with Gasteiger partial charge in [0.15, 0.2) is 0 Å². The Bertz CT molecular complexity index is 2220. The molecule has 4 amide bonds. The van der Waals surface area contributed by atoms with E-state index < -0.39 is 73.6 Å². The van der Waals surface area contributed by atoms with Crippen molar-refractivity contribution in [1.82, 2.24) is 30.6 Å². The van der Waals surface area contributed by atoms with Crippen molar-refractivity contribution < 1.29 is 46.5 Å². The van der Waals surface area contributed by atoms with Gasteiger partial charge in [-0.15, -0.1) is 6.58 Å². The predicted molar refractivity (Wildman–Crippen MR) is 239 cm³/mol. The smallest absolute Gasteiger partial charge is 0.408 e. The number of nitrogens with zero attached hydrogens (tertiary/aromatic N) is 2. The first-order valence-corrected chi connectivity index (χ1v) is 24.8. The molecule has 4 heterocycles. The highest BCUT2D eigenvalue weighted by Crippen LogP contribution is 2.47. The lowest BCUT2D eigenvalue weighted by atomic mass is 9.85. The number of alkyl carbamates (subject to hydrolysis) is 1. The Morgan fingerprint density at radius 2 is 1.83 bits per heavy atom. The number of nitrogens with one attached hydrogen (secondary N) is 4. The summed E-state index contributed by atoms with van der Waals surface area (Å²) in [5.41, 5.74) is -0.883. The number of fused-ring (bicyclic) bond motifs is 5. The molecule has 2 saturated heterocycles. The number of sulfonamides is 1. The summed E-state index contributed by atoms with van der Waals surface area (Å²) in [5, 5.41) is 10.2. The largest absolute Gasteiger partial charge is 0.492 e. The Kier molecular flexibility index (Phi) is 13.3. The van der Waals surface area contributed by atoms with Crippen molar-refractivity contribution in [1.29, 1.82) is 0 Å². The molecule has 8 rings (SSSR count). The Hall–Kier alpha value is -4.48. The highest BCUT2D eigenvalue weighted by atomic mass is 32.2. The SMILES string of the molecule is C=C[C@@H]1C[C@]1(NC(=O)[C@@H]1C[C@@H]2CN1C(=O)[C@H](C(C)(C)C)NC(=O)O[C@@H]1C[C@H]1CCCCCc1c(nc3ccccc3c1OCCCNC1CCOCC1)O2)C(=O)NS(=O)(=O)C1(C)CC1. The van der Waals surface area contributed by atoms with E-state index in [2.05, 4.69) is 27.3 Å². The van der Waals surface area contributed by atoms with Crippen LogP contribution in [0.5, 0.6) is 11.6 Å². The average Bonchev–Trinajstić information content (AvgIpc) is 4.22. The lowest BCUT2D eigenvalue weighted by Gasteiger charge is -2.35. The summed E-state index contributed by atoms with van der Waals surface area (Å²) in [5.74, 6) is -1.23. The van der Waals surface area contributed by atoms with Crippen LogP contribution in [0.15, 0.2) is 36.9 Å². The van der Waals surface area contributed by atoms with Gasteiger partial charge >= 0.3 is 6.09 Å². The maximum absolute atomic E-state index is 14.9. The summed E-state index contributed by atoms with van der Waals surface area (Å²) in [6, 6.07) is 5.97. The van der Waals surface area contributed by atoms with Crippen LogP contribution >= 0.6 is 0 Å². The fourth-order valence-corrected chi connectivity index (χ4v) is 10.8. The van der Waals surface area contributed by atoms with Crippen LogP contribution in [0.2, 0.25) is 0 Å². The zero-order valence-corrected chi connectivity index (χ0v) is 38.6. The third-order valence-electron chi connectivity index (χ3n) is 14.1. The van der Waals surface area contributed by atoms with Crippen LogP contribution in [0, 0.1) is 17.3 Å². The molecule has 3 aliphatic carbocycles. The first kappa shape index (κ1) is 46.1. The van der Waals surface area contributed by atoms with Crippen molar-refractivity contribution in [2.24, 2.45) is 17.3 Å². The van der Waals surface area contributed by atoms with Gasteiger partial charge < -0.3 is 39.8 Å². The maximum Gasteiger partial charge on any atom is 0.408 e. The van der Waals surface area contributed by atoms with E-state index in [0.29, 0.717) is 49.1 Å². The fraction of sp³-hybridized carbons (Fsp3) is 0.681. The standard InChI is InChI=1S/C47H66N6O10S/c1-6-30-27-47(30,43(56)52-64(58,59)46(5)19-20-46)51-40(54)36-26-32-28-53(36)42(55)39(45(2,3)4)50-44(57)63-37-25-29(37)13-8-7-9-15-34-38(33-14-10-11-16-35(33)49-41(34)62-32)61-22-12-21-48-31-17-23-60-24-18-31/h6,10-11,14,16,29-32,36-37,39,48H,1,7-9,12-13,15,17-28H2,2-5H3,(H,50,57)(H,51,54)(H,52,56)/t29-,30-,32-,36+,37-,39-,47-/m1/s1. The van der Waals surface area contributed by atoms with E-state index in [0.717, 1.165) is 82.1 Å². The van der Waals surface area contributed by atoms with E-state index in [9.17, 15) is 27.6 Å². The zero-order valence-electron chi connectivity index (χ0n) is 37.7. The Balaban J connectivity index is 1.10. The third kappa shape index (κ3) is 10.0. The van der Waals surface area contributed by atoms with Crippen molar-refractivity contribution in [3.8, 4) is 11.6 Å². The predicted octanol–water partition coefficient (Wildman–Crippen LogP) is 4.83. The van der Waals surface area contributed by atoms with E-state index in [-0.39, 0.29) is 31.4 Å². The lowest BCUT2D eigenvalue weighted by Crippen LogP contribution is -2.60. The Morgan fingerprint density at radius 1 is 1.06 bits per heavy atom. The zero-order chi connectivity index (χ0) is 45.4. The molecule has 6 aliphatic rings. The molecule has 350 valence electrons. The number of ether oxygens (including phenoxy) is 4. The number of carbonyl (C=O) groups is 4. The number of hydrogen-bond donors (Lipinski definition) is 4. The Morgan fingerprint density at radius 3 is 2.55 bits per heavy atom. The number of hydrogen-bond acceptors (Lipinski definition) is 12. The topological polar surface area (TPSA) is 204 Å². The second-order valence-corrected chi connectivity index (χ2v) is 22.3. The second-order valence-electron chi connectivity index (χ2n) is 20.1. The van der Waals surface area contributed by atoms with Gasteiger partial charge in [-0.05, 0) is 101 Å². The molecular weight excluding hydrogens is 841 g/mol. The van der Waals surface area contributed by atoms with Crippen LogP contribution in [0.1, 0.15) is 110 Å². The van der Waals surface area contributed by atoms with Crippen molar-refractivity contribution in [2.45, 2.75) is 152 Å². The molecule has 5 fully saturated rings. The minimum Gasteiger partial charge on any atom is -0.492 e. The minimum absolute atomic E-state index is 0.0253. The summed E-state index contributed by atoms with van der Waals surface area (Å²) in [6.07, 6.45) is 8.62. The van der Waals surface area contributed by atoms with Gasteiger partial charge in [0.2, 0.25) is 27.7 Å². The molecule has 3 aliphatic heterocycles. The Labute approximate surface area is 376 Å². The molecular formula is C47H66N6O10S. The first-order valence-electron chi connectivity index (χ1n) is 23.3. The van der Waals surface area contributed by atoms with Crippen LogP contribution in [-0.2, 0) is 40.3 Å². The number of benzene rings is 1. The molecule has 0 unspecified atom stereocenters. The van der Waals surface area contributed by atoms with E-state index >= 15 is 0 Å². The molecule has 17 heteroatoms. The molecule has 2 aromatic rings. The van der Waals surface area contributed by atoms with Crippen LogP contribution in [0.3, 0.4) is 0 Å². The summed E-state index contributed by atoms with van der Waals surface area (Å²) >= 11 is 0. The maximum atomic E-state index is 14.9. The van der Waals surface area contributed by atoms with Gasteiger partial charge in [0, 0.05) is 37.0 Å². The molecule has 1 aromatic heterocycles. The summed E-state index contributed by atoms with van der Waals surface area (Å²) in [4.78, 5) is 63.2. The fourth-order valence-electron chi connectivity index (χ4n) is 9.44.